The molecule has 0 bridgehead atoms. The molecule has 0 atom stereocenters. The molecule has 0 spiro atoms. The first-order valence-electron chi connectivity index (χ1n) is 7.79. The summed E-state index contributed by atoms with van der Waals surface area (Å²) in [6, 6.07) is 4.26. The first kappa shape index (κ1) is 14.7. The lowest BCUT2D eigenvalue weighted by atomic mass is 9.95. The van der Waals surface area contributed by atoms with Gasteiger partial charge >= 0.3 is 0 Å². The van der Waals surface area contributed by atoms with Gasteiger partial charge in [0.2, 0.25) is 0 Å². The van der Waals surface area contributed by atoms with Crippen LogP contribution >= 0.6 is 0 Å². The minimum absolute atomic E-state index is 0.797. The van der Waals surface area contributed by atoms with Crippen LogP contribution in [0.3, 0.4) is 0 Å². The van der Waals surface area contributed by atoms with Crippen LogP contribution in [0.5, 0.6) is 0 Å². The fourth-order valence-electron chi connectivity index (χ4n) is 3.42. The van der Waals surface area contributed by atoms with Gasteiger partial charge in [0, 0.05) is 29.1 Å². The zero-order valence-electron chi connectivity index (χ0n) is 14.3. The molecule has 122 valence electrons. The first-order valence-corrected chi connectivity index (χ1v) is 7.79. The summed E-state index contributed by atoms with van der Waals surface area (Å²) in [6.45, 7) is 7.77. The average Bonchev–Trinajstić information content (AvgIpc) is 3.18. The number of hydrogen-bond acceptors (Lipinski definition) is 5. The summed E-state index contributed by atoms with van der Waals surface area (Å²) in [5.41, 5.74) is 6.94. The highest BCUT2D eigenvalue weighted by molar-refractivity contribution is 5.98. The summed E-state index contributed by atoms with van der Waals surface area (Å²) in [5.74, 6) is 1.60. The van der Waals surface area contributed by atoms with E-state index in [1.54, 1.807) is 0 Å². The predicted octanol–water partition coefficient (Wildman–Crippen LogP) is 4.12. The van der Waals surface area contributed by atoms with Gasteiger partial charge < -0.3 is 9.05 Å². The van der Waals surface area contributed by atoms with Gasteiger partial charge in [0.25, 0.3) is 0 Å². The highest BCUT2D eigenvalue weighted by Gasteiger charge is 2.20. The van der Waals surface area contributed by atoms with E-state index in [0.29, 0.717) is 0 Å². The Labute approximate surface area is 139 Å². The molecule has 0 unspecified atom stereocenters. The lowest BCUT2D eigenvalue weighted by Crippen LogP contribution is -1.94. The average molecular weight is 322 g/mol. The van der Waals surface area contributed by atoms with Crippen molar-refractivity contribution in [3.05, 3.63) is 41.2 Å². The summed E-state index contributed by atoms with van der Waals surface area (Å²) in [4.78, 5) is 0. The molecule has 1 aromatic carbocycles. The fraction of sp³-hybridized carbons (Fsp3) is 0.278. The lowest BCUT2D eigenvalue weighted by Gasteiger charge is -2.09. The zero-order valence-corrected chi connectivity index (χ0v) is 14.3. The van der Waals surface area contributed by atoms with Crippen molar-refractivity contribution in [2.24, 2.45) is 7.05 Å². The molecule has 0 aliphatic carbocycles. The van der Waals surface area contributed by atoms with E-state index in [4.69, 9.17) is 9.05 Å². The number of rotatable bonds is 2. The first-order chi connectivity index (χ1) is 11.5. The summed E-state index contributed by atoms with van der Waals surface area (Å²) in [6.07, 6.45) is 1.87. The summed E-state index contributed by atoms with van der Waals surface area (Å²) >= 11 is 0. The van der Waals surface area contributed by atoms with Gasteiger partial charge in [-0.2, -0.15) is 5.10 Å². The Morgan fingerprint density at radius 1 is 0.875 bits per heavy atom. The van der Waals surface area contributed by atoms with Crippen LogP contribution < -0.4 is 0 Å². The predicted molar refractivity (Wildman–Crippen MR) is 90.7 cm³/mol. The van der Waals surface area contributed by atoms with E-state index in [-0.39, 0.29) is 0 Å². The number of fused-ring (bicyclic) bond motifs is 1. The van der Waals surface area contributed by atoms with Gasteiger partial charge in [-0.15, -0.1) is 0 Å². The van der Waals surface area contributed by atoms with Crippen molar-refractivity contribution in [2.75, 3.05) is 0 Å². The molecule has 0 radical (unpaired) electrons. The van der Waals surface area contributed by atoms with Crippen LogP contribution in [-0.2, 0) is 7.05 Å². The van der Waals surface area contributed by atoms with E-state index in [1.807, 2.05) is 45.6 Å². The van der Waals surface area contributed by atoms with Gasteiger partial charge in [-0.05, 0) is 45.4 Å². The van der Waals surface area contributed by atoms with Gasteiger partial charge in [0.05, 0.1) is 23.1 Å². The van der Waals surface area contributed by atoms with Crippen LogP contribution in [0.2, 0.25) is 0 Å². The maximum atomic E-state index is 5.38. The van der Waals surface area contributed by atoms with Crippen molar-refractivity contribution in [3.63, 3.8) is 0 Å². The largest absolute Gasteiger partial charge is 0.361 e. The standard InChI is InChI=1S/C18H18N4O2/c1-9-16(11(3)23-20-9)13-6-14-8-19-22(5)18(14)15(7-13)17-10(2)21-24-12(17)4/h6-8H,1-5H3. The molecule has 0 amide bonds. The van der Waals surface area contributed by atoms with Gasteiger partial charge in [-0.3, -0.25) is 4.68 Å². The highest BCUT2D eigenvalue weighted by Crippen LogP contribution is 2.38. The molecule has 3 heterocycles. The Balaban J connectivity index is 2.10. The Hall–Kier alpha value is -2.89. The van der Waals surface area contributed by atoms with Crippen molar-refractivity contribution in [1.82, 2.24) is 20.1 Å². The van der Waals surface area contributed by atoms with Crippen molar-refractivity contribution < 1.29 is 9.05 Å². The van der Waals surface area contributed by atoms with Gasteiger partial charge in [0.15, 0.2) is 0 Å². The Kier molecular flexibility index (Phi) is 3.09. The molecule has 4 aromatic rings. The number of nitrogens with zero attached hydrogens (tertiary/aromatic N) is 4. The summed E-state index contributed by atoms with van der Waals surface area (Å²) in [7, 11) is 1.94. The second kappa shape index (κ2) is 5.06. The van der Waals surface area contributed by atoms with Crippen molar-refractivity contribution in [3.8, 4) is 22.3 Å². The van der Waals surface area contributed by atoms with Crippen LogP contribution in [0.15, 0.2) is 27.4 Å². The van der Waals surface area contributed by atoms with Crippen molar-refractivity contribution in [2.45, 2.75) is 27.7 Å². The van der Waals surface area contributed by atoms with Crippen LogP contribution in [0, 0.1) is 27.7 Å². The summed E-state index contributed by atoms with van der Waals surface area (Å²) < 4.78 is 12.6. The quantitative estimate of drug-likeness (QED) is 0.555. The third-order valence-corrected chi connectivity index (χ3v) is 4.46. The number of benzene rings is 1. The Bertz CT molecular complexity index is 1030. The SMILES string of the molecule is Cc1noc(C)c1-c1cc(-c2c(C)noc2C)c2c(cnn2C)c1. The minimum atomic E-state index is 0.797. The maximum Gasteiger partial charge on any atom is 0.141 e. The summed E-state index contributed by atoms with van der Waals surface area (Å²) in [5, 5.41) is 13.7. The topological polar surface area (TPSA) is 69.9 Å². The molecule has 0 fully saturated rings. The molecule has 0 saturated carbocycles. The molecule has 0 aliphatic heterocycles. The Morgan fingerprint density at radius 2 is 1.50 bits per heavy atom. The molecule has 0 aliphatic rings. The van der Waals surface area contributed by atoms with Gasteiger partial charge in [0.1, 0.15) is 11.5 Å². The maximum absolute atomic E-state index is 5.38. The van der Waals surface area contributed by atoms with E-state index >= 15 is 0 Å². The minimum Gasteiger partial charge on any atom is -0.361 e. The normalized spacial score (nSPS) is 11.5. The molecule has 6 nitrogen and oxygen atoms in total. The molecule has 0 N–H and O–H groups in total. The van der Waals surface area contributed by atoms with Crippen molar-refractivity contribution >= 4 is 10.9 Å². The van der Waals surface area contributed by atoms with E-state index in [9.17, 15) is 0 Å². The number of aryl methyl sites for hydroxylation is 5. The van der Waals surface area contributed by atoms with Crippen molar-refractivity contribution in [1.29, 1.82) is 0 Å². The third kappa shape index (κ3) is 1.99. The Morgan fingerprint density at radius 3 is 2.08 bits per heavy atom. The highest BCUT2D eigenvalue weighted by atomic mass is 16.5. The van der Waals surface area contributed by atoms with Gasteiger partial charge in [-0.1, -0.05) is 10.3 Å². The third-order valence-electron chi connectivity index (χ3n) is 4.46. The molecule has 3 aromatic heterocycles. The zero-order chi connectivity index (χ0) is 17.0. The van der Waals surface area contributed by atoms with Gasteiger partial charge in [-0.25, -0.2) is 0 Å². The van der Waals surface area contributed by atoms with E-state index in [1.165, 1.54) is 0 Å². The van der Waals surface area contributed by atoms with Crippen LogP contribution in [0.1, 0.15) is 22.9 Å². The van der Waals surface area contributed by atoms with Crippen LogP contribution in [0.4, 0.5) is 0 Å². The van der Waals surface area contributed by atoms with E-state index < -0.39 is 0 Å². The molecular formula is C18H18N4O2. The molecule has 6 heteroatoms. The lowest BCUT2D eigenvalue weighted by molar-refractivity contribution is 0.393. The second-order valence-corrected chi connectivity index (χ2v) is 6.13. The number of hydrogen-bond donors (Lipinski definition) is 0. The monoisotopic (exact) mass is 322 g/mol. The van der Waals surface area contributed by atoms with E-state index in [0.717, 1.165) is 56.1 Å². The molecule has 4 rings (SSSR count). The smallest absolute Gasteiger partial charge is 0.141 e. The molecular weight excluding hydrogens is 304 g/mol. The fourth-order valence-corrected chi connectivity index (χ4v) is 3.42. The number of aromatic nitrogens is 4. The molecule has 24 heavy (non-hydrogen) atoms. The van der Waals surface area contributed by atoms with E-state index in [2.05, 4.69) is 27.5 Å². The molecule has 0 saturated heterocycles. The second-order valence-electron chi connectivity index (χ2n) is 6.13. The van der Waals surface area contributed by atoms with Crippen LogP contribution in [0.25, 0.3) is 33.2 Å². The van der Waals surface area contributed by atoms with Crippen LogP contribution in [-0.4, -0.2) is 20.1 Å².